The van der Waals surface area contributed by atoms with Crippen molar-refractivity contribution in [3.8, 4) is 22.5 Å². The number of nitrogens with zero attached hydrogens (tertiary/aromatic N) is 2. The third-order valence-corrected chi connectivity index (χ3v) is 5.58. The summed E-state index contributed by atoms with van der Waals surface area (Å²) in [4.78, 5) is 8.58. The Bertz CT molecular complexity index is 1250. The molecule has 142 valence electrons. The quantitative estimate of drug-likeness (QED) is 0.557. The Morgan fingerprint density at radius 3 is 2.54 bits per heavy atom. The summed E-state index contributed by atoms with van der Waals surface area (Å²) in [7, 11) is -3.36. The molecule has 0 bridgehead atoms. The van der Waals surface area contributed by atoms with Gasteiger partial charge in [-0.1, -0.05) is 24.3 Å². The molecule has 1 aromatic carbocycles. The molecule has 0 radical (unpaired) electrons. The number of aliphatic hydroxyl groups is 1. The number of furan rings is 1. The van der Waals surface area contributed by atoms with Gasteiger partial charge in [0.05, 0.1) is 4.90 Å². The lowest BCUT2D eigenvalue weighted by molar-refractivity contribution is 0.299. The fourth-order valence-corrected chi connectivity index (χ4v) is 3.63. The van der Waals surface area contributed by atoms with Crippen LogP contribution in [0.3, 0.4) is 0 Å². The largest absolute Gasteiger partial charge is 0.454 e. The van der Waals surface area contributed by atoms with E-state index in [9.17, 15) is 8.42 Å². The molecule has 0 saturated carbocycles. The molecule has 0 fully saturated rings. The van der Waals surface area contributed by atoms with Crippen LogP contribution in [0.1, 0.15) is 5.56 Å². The highest BCUT2D eigenvalue weighted by Crippen LogP contribution is 2.34. The first-order valence-electron chi connectivity index (χ1n) is 8.70. The summed E-state index contributed by atoms with van der Waals surface area (Å²) in [5.74, 6) is 0.665. The van der Waals surface area contributed by atoms with Crippen molar-refractivity contribution in [1.82, 2.24) is 9.97 Å². The van der Waals surface area contributed by atoms with Crippen LogP contribution in [0.25, 0.3) is 33.6 Å². The second-order valence-corrected chi connectivity index (χ2v) is 8.55. The van der Waals surface area contributed by atoms with Crippen molar-refractivity contribution in [1.29, 1.82) is 0 Å². The molecule has 0 unspecified atom stereocenters. The zero-order valence-corrected chi connectivity index (χ0v) is 16.0. The lowest BCUT2D eigenvalue weighted by Gasteiger charge is -2.04. The van der Waals surface area contributed by atoms with Gasteiger partial charge in [0.2, 0.25) is 0 Å². The van der Waals surface area contributed by atoms with E-state index in [2.05, 4.69) is 9.97 Å². The monoisotopic (exact) mass is 394 g/mol. The van der Waals surface area contributed by atoms with E-state index in [1.165, 1.54) is 6.20 Å². The number of aliphatic hydroxyl groups excluding tert-OH is 1. The summed E-state index contributed by atoms with van der Waals surface area (Å²) in [6.07, 6.45) is 6.36. The fourth-order valence-electron chi connectivity index (χ4n) is 3.04. The molecule has 3 aromatic heterocycles. The Kier molecular flexibility index (Phi) is 4.70. The average Bonchev–Trinajstić information content (AvgIpc) is 3.12. The third-order valence-electron chi connectivity index (χ3n) is 4.50. The molecule has 28 heavy (non-hydrogen) atoms. The summed E-state index contributed by atoms with van der Waals surface area (Å²) in [5.41, 5.74) is 4.57. The number of rotatable bonds is 5. The number of aromatic nitrogens is 2. The Balaban J connectivity index is 1.80. The number of pyridine rings is 2. The van der Waals surface area contributed by atoms with Crippen molar-refractivity contribution < 1.29 is 17.9 Å². The number of sulfone groups is 1. The maximum Gasteiger partial charge on any atom is 0.177 e. The van der Waals surface area contributed by atoms with Crippen LogP contribution in [0, 0.1) is 0 Å². The molecular formula is C21H18N2O4S. The molecule has 6 nitrogen and oxygen atoms in total. The highest BCUT2D eigenvalue weighted by atomic mass is 32.2. The molecule has 4 aromatic rings. The lowest BCUT2D eigenvalue weighted by atomic mass is 10.1. The lowest BCUT2D eigenvalue weighted by Crippen LogP contribution is -1.98. The first kappa shape index (κ1) is 18.3. The molecule has 4 rings (SSSR count). The number of benzene rings is 1. The van der Waals surface area contributed by atoms with E-state index in [-0.39, 0.29) is 11.5 Å². The predicted octanol–water partition coefficient (Wildman–Crippen LogP) is 3.50. The van der Waals surface area contributed by atoms with E-state index in [1.807, 2.05) is 30.3 Å². The highest BCUT2D eigenvalue weighted by molar-refractivity contribution is 7.90. The maximum absolute atomic E-state index is 11.9. The second-order valence-electron chi connectivity index (χ2n) is 6.54. The van der Waals surface area contributed by atoms with Crippen LogP contribution in [0.15, 0.2) is 70.4 Å². The highest BCUT2D eigenvalue weighted by Gasteiger charge is 2.15. The van der Waals surface area contributed by atoms with Gasteiger partial charge in [0.1, 0.15) is 11.3 Å². The van der Waals surface area contributed by atoms with E-state index in [1.54, 1.807) is 24.5 Å². The van der Waals surface area contributed by atoms with Crippen molar-refractivity contribution in [3.63, 3.8) is 0 Å². The maximum atomic E-state index is 11.9. The zero-order valence-electron chi connectivity index (χ0n) is 15.2. The molecule has 0 aliphatic carbocycles. The van der Waals surface area contributed by atoms with Crippen LogP contribution < -0.4 is 0 Å². The second kappa shape index (κ2) is 7.18. The van der Waals surface area contributed by atoms with Gasteiger partial charge in [0.15, 0.2) is 15.4 Å². The van der Waals surface area contributed by atoms with Crippen LogP contribution in [0.4, 0.5) is 0 Å². The summed E-state index contributed by atoms with van der Waals surface area (Å²) >= 11 is 0. The SMILES string of the molecule is CS(=O)(=O)c1cncc(-c2ccnc3cc(-c4ccc(CCO)cc4)oc23)c1. The van der Waals surface area contributed by atoms with E-state index in [0.717, 1.165) is 22.9 Å². The molecule has 7 heteroatoms. The van der Waals surface area contributed by atoms with Gasteiger partial charge in [-0.05, 0) is 24.1 Å². The van der Waals surface area contributed by atoms with Crippen LogP contribution in [-0.4, -0.2) is 36.4 Å². The van der Waals surface area contributed by atoms with Gasteiger partial charge in [0.25, 0.3) is 0 Å². The normalized spacial score (nSPS) is 11.8. The predicted molar refractivity (Wildman–Crippen MR) is 107 cm³/mol. The standard InChI is InChI=1S/C21H18N2O4S/c1-28(25,26)17-10-16(12-22-13-17)18-6-8-23-19-11-20(27-21(18)19)15-4-2-14(3-5-15)7-9-24/h2-6,8,10-13,24H,7,9H2,1H3. The number of hydrogen-bond acceptors (Lipinski definition) is 6. The van der Waals surface area contributed by atoms with E-state index in [0.29, 0.717) is 28.8 Å². The number of hydrogen-bond donors (Lipinski definition) is 1. The molecule has 0 spiro atoms. The average molecular weight is 394 g/mol. The third kappa shape index (κ3) is 3.54. The van der Waals surface area contributed by atoms with Crippen molar-refractivity contribution in [2.75, 3.05) is 12.9 Å². The van der Waals surface area contributed by atoms with Crippen LogP contribution in [-0.2, 0) is 16.3 Å². The van der Waals surface area contributed by atoms with Crippen molar-refractivity contribution in [3.05, 3.63) is 66.6 Å². The summed E-state index contributed by atoms with van der Waals surface area (Å²) in [6.45, 7) is 0.109. The summed E-state index contributed by atoms with van der Waals surface area (Å²) in [6, 6.07) is 13.0. The topological polar surface area (TPSA) is 93.3 Å². The van der Waals surface area contributed by atoms with Gasteiger partial charge in [-0.25, -0.2) is 8.42 Å². The Morgan fingerprint density at radius 2 is 1.82 bits per heavy atom. The minimum absolute atomic E-state index is 0.109. The van der Waals surface area contributed by atoms with Gasteiger partial charge >= 0.3 is 0 Å². The van der Waals surface area contributed by atoms with Crippen molar-refractivity contribution in [2.24, 2.45) is 0 Å². The molecule has 0 aliphatic rings. The minimum atomic E-state index is -3.36. The Hall–Kier alpha value is -3.03. The molecule has 0 saturated heterocycles. The number of fused-ring (bicyclic) bond motifs is 1. The molecule has 1 N–H and O–H groups in total. The van der Waals surface area contributed by atoms with E-state index >= 15 is 0 Å². The molecule has 0 amide bonds. The zero-order chi connectivity index (χ0) is 19.7. The first-order chi connectivity index (χ1) is 13.5. The van der Waals surface area contributed by atoms with Crippen LogP contribution in [0.5, 0.6) is 0 Å². The Morgan fingerprint density at radius 1 is 1.04 bits per heavy atom. The van der Waals surface area contributed by atoms with Crippen molar-refractivity contribution >= 4 is 20.9 Å². The van der Waals surface area contributed by atoms with E-state index in [4.69, 9.17) is 9.52 Å². The van der Waals surface area contributed by atoms with Crippen LogP contribution >= 0.6 is 0 Å². The molecule has 0 aliphatic heterocycles. The van der Waals surface area contributed by atoms with E-state index < -0.39 is 9.84 Å². The van der Waals surface area contributed by atoms with Crippen molar-refractivity contribution in [2.45, 2.75) is 11.3 Å². The Labute approximate surface area is 162 Å². The van der Waals surface area contributed by atoms with Gasteiger partial charge in [0, 0.05) is 54.2 Å². The summed E-state index contributed by atoms with van der Waals surface area (Å²) < 4.78 is 29.8. The van der Waals surface area contributed by atoms with Gasteiger partial charge in [-0.3, -0.25) is 9.97 Å². The van der Waals surface area contributed by atoms with Gasteiger partial charge in [-0.2, -0.15) is 0 Å². The van der Waals surface area contributed by atoms with Gasteiger partial charge < -0.3 is 9.52 Å². The molecule has 3 heterocycles. The fraction of sp³-hybridized carbons (Fsp3) is 0.143. The van der Waals surface area contributed by atoms with Crippen LogP contribution in [0.2, 0.25) is 0 Å². The smallest absolute Gasteiger partial charge is 0.177 e. The molecular weight excluding hydrogens is 376 g/mol. The summed E-state index contributed by atoms with van der Waals surface area (Å²) in [5, 5.41) is 9.04. The first-order valence-corrected chi connectivity index (χ1v) is 10.6. The minimum Gasteiger partial charge on any atom is -0.454 e. The van der Waals surface area contributed by atoms with Gasteiger partial charge in [-0.15, -0.1) is 0 Å². The molecule has 0 atom stereocenters.